The number of aliphatic carboxylic acids is 1. The van der Waals surface area contributed by atoms with Crippen LogP contribution in [0.5, 0.6) is 5.75 Å². The van der Waals surface area contributed by atoms with Gasteiger partial charge in [0.05, 0.1) is 0 Å². The third-order valence-electron chi connectivity index (χ3n) is 2.98. The lowest BCUT2D eigenvalue weighted by Crippen LogP contribution is -2.16. The van der Waals surface area contributed by atoms with Crippen LogP contribution in [0.1, 0.15) is 12.0 Å². The number of carboxylic acid groups (broad SMARTS) is 1. The number of rotatable bonds is 5. The fourth-order valence-corrected chi connectivity index (χ4v) is 2.01. The van der Waals surface area contributed by atoms with Crippen molar-refractivity contribution >= 4 is 5.97 Å². The van der Waals surface area contributed by atoms with Gasteiger partial charge in [0, 0.05) is 6.42 Å². The smallest absolute Gasteiger partial charge is 0.481 e. The van der Waals surface area contributed by atoms with E-state index in [-0.39, 0.29) is 12.2 Å². The zero-order valence-electron chi connectivity index (χ0n) is 11.4. The molecule has 2 rings (SSSR count). The van der Waals surface area contributed by atoms with Gasteiger partial charge in [0.25, 0.3) is 0 Å². The minimum absolute atomic E-state index is 0.0296. The number of carboxylic acids is 1. The molecule has 3 nitrogen and oxygen atoms in total. The Hall–Kier alpha value is -2.50. The van der Waals surface area contributed by atoms with Gasteiger partial charge >= 0.3 is 12.3 Å². The number of alkyl halides is 3. The summed E-state index contributed by atoms with van der Waals surface area (Å²) in [4.78, 5) is 10.6. The second-order valence-electron chi connectivity index (χ2n) is 4.67. The number of ether oxygens (including phenoxy) is 1. The third-order valence-corrected chi connectivity index (χ3v) is 2.98. The van der Waals surface area contributed by atoms with Gasteiger partial charge in [0.15, 0.2) is 0 Å². The van der Waals surface area contributed by atoms with Gasteiger partial charge < -0.3 is 9.84 Å². The van der Waals surface area contributed by atoms with E-state index >= 15 is 0 Å². The van der Waals surface area contributed by atoms with Crippen LogP contribution in [0.4, 0.5) is 13.2 Å². The molecule has 0 atom stereocenters. The molecule has 2 aromatic carbocycles. The van der Waals surface area contributed by atoms with Gasteiger partial charge in [-0.05, 0) is 35.2 Å². The van der Waals surface area contributed by atoms with Crippen molar-refractivity contribution in [1.29, 1.82) is 0 Å². The van der Waals surface area contributed by atoms with Crippen molar-refractivity contribution < 1.29 is 27.8 Å². The molecule has 0 radical (unpaired) electrons. The second-order valence-corrected chi connectivity index (χ2v) is 4.67. The first-order valence-electron chi connectivity index (χ1n) is 6.50. The molecule has 0 aliphatic carbocycles. The maximum atomic E-state index is 12.1. The minimum Gasteiger partial charge on any atom is -0.481 e. The number of aryl methyl sites for hydroxylation is 1. The van der Waals surface area contributed by atoms with Crippen molar-refractivity contribution in [1.82, 2.24) is 0 Å². The summed E-state index contributed by atoms with van der Waals surface area (Å²) < 4.78 is 40.1. The van der Waals surface area contributed by atoms with Crippen LogP contribution in [0.25, 0.3) is 11.1 Å². The number of halogens is 3. The zero-order valence-corrected chi connectivity index (χ0v) is 11.4. The SMILES string of the molecule is O=C(O)CCc1cccc(-c2ccc(OC(F)(F)F)cc2)c1. The molecule has 6 heteroatoms. The van der Waals surface area contributed by atoms with Crippen LogP contribution < -0.4 is 4.74 Å². The molecule has 0 heterocycles. The molecule has 0 aliphatic heterocycles. The van der Waals surface area contributed by atoms with E-state index in [1.807, 2.05) is 18.2 Å². The summed E-state index contributed by atoms with van der Waals surface area (Å²) in [5, 5.41) is 8.68. The maximum absolute atomic E-state index is 12.1. The lowest BCUT2D eigenvalue weighted by molar-refractivity contribution is -0.274. The predicted molar refractivity (Wildman–Crippen MR) is 74.5 cm³/mol. The third kappa shape index (κ3) is 4.80. The Balaban J connectivity index is 2.14. The highest BCUT2D eigenvalue weighted by Crippen LogP contribution is 2.27. The summed E-state index contributed by atoms with van der Waals surface area (Å²) in [6.45, 7) is 0. The molecule has 0 unspecified atom stereocenters. The summed E-state index contributed by atoms with van der Waals surface area (Å²) in [6.07, 6.45) is -4.28. The molecule has 22 heavy (non-hydrogen) atoms. The van der Waals surface area contributed by atoms with Crippen molar-refractivity contribution in [2.45, 2.75) is 19.2 Å². The summed E-state index contributed by atoms with van der Waals surface area (Å²) in [7, 11) is 0. The summed E-state index contributed by atoms with van der Waals surface area (Å²) in [5.41, 5.74) is 2.39. The van der Waals surface area contributed by atoms with E-state index in [2.05, 4.69) is 4.74 Å². The fraction of sp³-hybridized carbons (Fsp3) is 0.188. The van der Waals surface area contributed by atoms with Gasteiger partial charge in [-0.1, -0.05) is 36.4 Å². The molecule has 0 spiro atoms. The maximum Gasteiger partial charge on any atom is 0.573 e. The van der Waals surface area contributed by atoms with Crippen molar-refractivity contribution in [3.05, 3.63) is 54.1 Å². The molecular formula is C16H13F3O3. The van der Waals surface area contributed by atoms with Crippen LogP contribution in [0.2, 0.25) is 0 Å². The fourth-order valence-electron chi connectivity index (χ4n) is 2.01. The van der Waals surface area contributed by atoms with Gasteiger partial charge in [0.1, 0.15) is 5.75 Å². The van der Waals surface area contributed by atoms with Crippen molar-refractivity contribution in [3.63, 3.8) is 0 Å². The Morgan fingerprint density at radius 3 is 2.32 bits per heavy atom. The summed E-state index contributed by atoms with van der Waals surface area (Å²) in [5.74, 6) is -1.16. The number of hydrogen-bond acceptors (Lipinski definition) is 2. The standard InChI is InChI=1S/C16H13F3O3/c17-16(18,19)22-14-7-5-12(6-8-14)13-3-1-2-11(10-13)4-9-15(20)21/h1-3,5-8,10H,4,9H2,(H,20,21). The molecule has 0 amide bonds. The quantitative estimate of drug-likeness (QED) is 0.897. The number of carbonyl (C=O) groups is 1. The van der Waals surface area contributed by atoms with Gasteiger partial charge in [-0.3, -0.25) is 4.79 Å². The lowest BCUT2D eigenvalue weighted by atomic mass is 10.0. The largest absolute Gasteiger partial charge is 0.573 e. The first-order valence-corrected chi connectivity index (χ1v) is 6.50. The van der Waals surface area contributed by atoms with Crippen LogP contribution in [-0.4, -0.2) is 17.4 Å². The Bertz CT molecular complexity index is 648. The number of hydrogen-bond donors (Lipinski definition) is 1. The van der Waals surface area contributed by atoms with Gasteiger partial charge in [-0.2, -0.15) is 0 Å². The molecule has 1 N–H and O–H groups in total. The Morgan fingerprint density at radius 2 is 1.73 bits per heavy atom. The highest BCUT2D eigenvalue weighted by atomic mass is 19.4. The topological polar surface area (TPSA) is 46.5 Å². The zero-order chi connectivity index (χ0) is 16.2. The van der Waals surface area contributed by atoms with Gasteiger partial charge in [-0.25, -0.2) is 0 Å². The Morgan fingerprint density at radius 1 is 1.05 bits per heavy atom. The predicted octanol–water partition coefficient (Wildman–Crippen LogP) is 4.27. The molecule has 0 saturated carbocycles. The molecule has 0 aliphatic rings. The highest BCUT2D eigenvalue weighted by Gasteiger charge is 2.30. The molecular weight excluding hydrogens is 297 g/mol. The normalized spacial score (nSPS) is 11.2. The molecule has 0 aromatic heterocycles. The highest BCUT2D eigenvalue weighted by molar-refractivity contribution is 5.68. The summed E-state index contributed by atoms with van der Waals surface area (Å²) >= 11 is 0. The average molecular weight is 310 g/mol. The van der Waals surface area contributed by atoms with E-state index in [0.717, 1.165) is 16.7 Å². The van der Waals surface area contributed by atoms with Crippen LogP contribution in [0, 0.1) is 0 Å². The average Bonchev–Trinajstić information content (AvgIpc) is 2.44. The van der Waals surface area contributed by atoms with E-state index in [4.69, 9.17) is 5.11 Å². The minimum atomic E-state index is -4.71. The molecule has 0 bridgehead atoms. The molecule has 116 valence electrons. The lowest BCUT2D eigenvalue weighted by Gasteiger charge is -2.10. The van der Waals surface area contributed by atoms with E-state index in [0.29, 0.717) is 6.42 Å². The molecule has 0 saturated heterocycles. The monoisotopic (exact) mass is 310 g/mol. The van der Waals surface area contributed by atoms with E-state index in [1.165, 1.54) is 24.3 Å². The second kappa shape index (κ2) is 6.51. The number of benzene rings is 2. The van der Waals surface area contributed by atoms with Crippen molar-refractivity contribution in [2.24, 2.45) is 0 Å². The summed E-state index contributed by atoms with van der Waals surface area (Å²) in [6, 6.07) is 12.8. The molecule has 2 aromatic rings. The Kier molecular flexibility index (Phi) is 4.70. The van der Waals surface area contributed by atoms with Crippen molar-refractivity contribution in [3.8, 4) is 16.9 Å². The molecule has 0 fully saturated rings. The van der Waals surface area contributed by atoms with E-state index in [1.54, 1.807) is 6.07 Å². The van der Waals surface area contributed by atoms with Gasteiger partial charge in [-0.15, -0.1) is 13.2 Å². The first kappa shape index (κ1) is 15.9. The van der Waals surface area contributed by atoms with E-state index in [9.17, 15) is 18.0 Å². The van der Waals surface area contributed by atoms with Crippen LogP contribution in [-0.2, 0) is 11.2 Å². The van der Waals surface area contributed by atoms with E-state index < -0.39 is 12.3 Å². The van der Waals surface area contributed by atoms with Crippen molar-refractivity contribution in [2.75, 3.05) is 0 Å². The first-order chi connectivity index (χ1) is 10.3. The van der Waals surface area contributed by atoms with Crippen LogP contribution in [0.3, 0.4) is 0 Å². The Labute approximate surface area is 125 Å². The van der Waals surface area contributed by atoms with Gasteiger partial charge in [0.2, 0.25) is 0 Å². The van der Waals surface area contributed by atoms with Crippen LogP contribution >= 0.6 is 0 Å². The van der Waals surface area contributed by atoms with Crippen LogP contribution in [0.15, 0.2) is 48.5 Å².